The molecule has 0 aromatic carbocycles. The van der Waals surface area contributed by atoms with E-state index in [0.717, 1.165) is 6.54 Å². The van der Waals surface area contributed by atoms with E-state index in [1.807, 2.05) is 6.08 Å². The van der Waals surface area contributed by atoms with Crippen LogP contribution in [0.1, 0.15) is 19.8 Å². The van der Waals surface area contributed by atoms with Crippen molar-refractivity contribution < 1.29 is 9.90 Å². The van der Waals surface area contributed by atoms with Crippen molar-refractivity contribution in [2.24, 2.45) is 5.92 Å². The highest BCUT2D eigenvalue weighted by molar-refractivity contribution is 5.80. The Hall–Kier alpha value is -1.09. The molecule has 0 saturated carbocycles. The molecule has 15 heavy (non-hydrogen) atoms. The highest BCUT2D eigenvalue weighted by Crippen LogP contribution is 2.22. The Morgan fingerprint density at radius 1 is 1.53 bits per heavy atom. The van der Waals surface area contributed by atoms with E-state index in [0.29, 0.717) is 5.92 Å². The number of rotatable bonds is 3. The summed E-state index contributed by atoms with van der Waals surface area (Å²) in [7, 11) is 2.13. The maximum absolute atomic E-state index is 10.3. The van der Waals surface area contributed by atoms with Crippen molar-refractivity contribution in [2.75, 3.05) is 20.1 Å². The first-order valence-corrected chi connectivity index (χ1v) is 5.36. The fourth-order valence-electron chi connectivity index (χ4n) is 1.96. The summed E-state index contributed by atoms with van der Waals surface area (Å²) in [5.41, 5.74) is 1.28. The number of hydrogen-bond donors (Lipinski definition) is 1. The van der Waals surface area contributed by atoms with Crippen molar-refractivity contribution in [3.05, 3.63) is 23.8 Å². The van der Waals surface area contributed by atoms with E-state index in [-0.39, 0.29) is 0 Å². The average molecular weight is 209 g/mol. The highest BCUT2D eigenvalue weighted by Gasteiger charge is 2.17. The molecule has 1 N–H and O–H groups in total. The second kappa shape index (κ2) is 5.71. The fraction of sp³-hybridized carbons (Fsp3) is 0.583. The molecule has 0 amide bonds. The molecule has 3 heteroatoms. The molecule has 84 valence electrons. The van der Waals surface area contributed by atoms with Gasteiger partial charge < -0.3 is 10.0 Å². The second-order valence-corrected chi connectivity index (χ2v) is 4.21. The van der Waals surface area contributed by atoms with E-state index in [9.17, 15) is 4.79 Å². The zero-order valence-electron chi connectivity index (χ0n) is 9.44. The van der Waals surface area contributed by atoms with Crippen molar-refractivity contribution in [3.63, 3.8) is 0 Å². The maximum atomic E-state index is 10.3. The third-order valence-electron chi connectivity index (χ3n) is 2.87. The SMILES string of the molecule is C/C(=C\C=C\C(=O)O)C1CCCN(C)C1. The van der Waals surface area contributed by atoms with E-state index in [2.05, 4.69) is 18.9 Å². The molecular formula is C12H19NO2. The first-order chi connectivity index (χ1) is 7.09. The number of hydrogen-bond acceptors (Lipinski definition) is 2. The Kier molecular flexibility index (Phi) is 4.56. The van der Waals surface area contributed by atoms with Gasteiger partial charge in [0.2, 0.25) is 0 Å². The van der Waals surface area contributed by atoms with Gasteiger partial charge in [0, 0.05) is 12.6 Å². The van der Waals surface area contributed by atoms with Crippen molar-refractivity contribution in [2.45, 2.75) is 19.8 Å². The molecule has 1 saturated heterocycles. The molecule has 3 nitrogen and oxygen atoms in total. The number of carboxylic acids is 1. The maximum Gasteiger partial charge on any atom is 0.328 e. The number of likely N-dealkylation sites (tertiary alicyclic amines) is 1. The fourth-order valence-corrected chi connectivity index (χ4v) is 1.96. The third kappa shape index (κ3) is 4.30. The van der Waals surface area contributed by atoms with Gasteiger partial charge in [0.25, 0.3) is 0 Å². The molecule has 1 atom stereocenters. The van der Waals surface area contributed by atoms with Gasteiger partial charge in [-0.1, -0.05) is 17.7 Å². The Bertz CT molecular complexity index is 281. The first kappa shape index (κ1) is 12.0. The molecule has 1 rings (SSSR count). The normalized spacial score (nSPS) is 24.7. The molecule has 0 bridgehead atoms. The van der Waals surface area contributed by atoms with E-state index in [1.165, 1.54) is 31.0 Å². The van der Waals surface area contributed by atoms with Crippen molar-refractivity contribution >= 4 is 5.97 Å². The molecule has 1 fully saturated rings. The summed E-state index contributed by atoms with van der Waals surface area (Å²) in [4.78, 5) is 12.6. The van der Waals surface area contributed by atoms with Crippen LogP contribution < -0.4 is 0 Å². The number of nitrogens with zero attached hydrogens (tertiary/aromatic N) is 1. The zero-order valence-corrected chi connectivity index (χ0v) is 9.44. The van der Waals surface area contributed by atoms with Crippen LogP contribution in [-0.4, -0.2) is 36.1 Å². The number of allylic oxidation sites excluding steroid dienone is 2. The van der Waals surface area contributed by atoms with Gasteiger partial charge in [-0.2, -0.15) is 0 Å². The van der Waals surface area contributed by atoms with Crippen molar-refractivity contribution in [1.29, 1.82) is 0 Å². The van der Waals surface area contributed by atoms with Gasteiger partial charge in [-0.3, -0.25) is 0 Å². The molecule has 1 heterocycles. The van der Waals surface area contributed by atoms with Crippen LogP contribution in [0.25, 0.3) is 0 Å². The minimum absolute atomic E-state index is 0.585. The number of aliphatic carboxylic acids is 1. The van der Waals surface area contributed by atoms with E-state index in [4.69, 9.17) is 5.11 Å². The summed E-state index contributed by atoms with van der Waals surface area (Å²) in [5, 5.41) is 8.45. The topological polar surface area (TPSA) is 40.5 Å². The molecule has 0 aliphatic carbocycles. The quantitative estimate of drug-likeness (QED) is 0.570. The van der Waals surface area contributed by atoms with Gasteiger partial charge in [-0.25, -0.2) is 4.79 Å². The van der Waals surface area contributed by atoms with Gasteiger partial charge in [0.1, 0.15) is 0 Å². The van der Waals surface area contributed by atoms with Crippen molar-refractivity contribution in [3.8, 4) is 0 Å². The Balaban J connectivity index is 2.51. The monoisotopic (exact) mass is 209 g/mol. The standard InChI is InChI=1S/C12H19NO2/c1-10(5-3-7-12(14)15)11-6-4-8-13(2)9-11/h3,5,7,11H,4,6,8-9H2,1-2H3,(H,14,15)/b7-3+,10-5+. The molecule has 0 radical (unpaired) electrons. The van der Waals surface area contributed by atoms with Gasteiger partial charge in [-0.05, 0) is 39.3 Å². The lowest BCUT2D eigenvalue weighted by atomic mass is 9.91. The molecule has 1 aliphatic heterocycles. The van der Waals surface area contributed by atoms with Crippen LogP contribution in [0.5, 0.6) is 0 Å². The summed E-state index contributed by atoms with van der Waals surface area (Å²) < 4.78 is 0. The Labute approximate surface area is 91.1 Å². The van der Waals surface area contributed by atoms with Crippen LogP contribution >= 0.6 is 0 Å². The zero-order chi connectivity index (χ0) is 11.3. The minimum Gasteiger partial charge on any atom is -0.478 e. The van der Waals surface area contributed by atoms with Gasteiger partial charge in [-0.15, -0.1) is 0 Å². The summed E-state index contributed by atoms with van der Waals surface area (Å²) in [6, 6.07) is 0. The minimum atomic E-state index is -0.889. The number of carbonyl (C=O) groups is 1. The predicted molar refractivity (Wildman–Crippen MR) is 60.8 cm³/mol. The average Bonchev–Trinajstić information content (AvgIpc) is 2.17. The van der Waals surface area contributed by atoms with E-state index < -0.39 is 5.97 Å². The summed E-state index contributed by atoms with van der Waals surface area (Å²) in [6.45, 7) is 4.34. The van der Waals surface area contributed by atoms with Gasteiger partial charge in [0.15, 0.2) is 0 Å². The lowest BCUT2D eigenvalue weighted by Gasteiger charge is -2.30. The molecule has 1 unspecified atom stereocenters. The predicted octanol–water partition coefficient (Wildman–Crippen LogP) is 1.92. The number of piperidine rings is 1. The van der Waals surface area contributed by atoms with Gasteiger partial charge >= 0.3 is 5.97 Å². The van der Waals surface area contributed by atoms with Crippen LogP contribution in [0.4, 0.5) is 0 Å². The van der Waals surface area contributed by atoms with Crippen molar-refractivity contribution in [1.82, 2.24) is 4.90 Å². The Morgan fingerprint density at radius 2 is 2.27 bits per heavy atom. The molecule has 0 aromatic heterocycles. The van der Waals surface area contributed by atoms with E-state index in [1.54, 1.807) is 6.08 Å². The van der Waals surface area contributed by atoms with E-state index >= 15 is 0 Å². The molecule has 0 spiro atoms. The highest BCUT2D eigenvalue weighted by atomic mass is 16.4. The van der Waals surface area contributed by atoms with Crippen LogP contribution in [0.2, 0.25) is 0 Å². The molecule has 1 aliphatic rings. The summed E-state index contributed by atoms with van der Waals surface area (Å²) >= 11 is 0. The van der Waals surface area contributed by atoms with Crippen LogP contribution in [0, 0.1) is 5.92 Å². The van der Waals surface area contributed by atoms with Crippen LogP contribution in [0.15, 0.2) is 23.8 Å². The molecule has 0 aromatic rings. The summed E-state index contributed by atoms with van der Waals surface area (Å²) in [6.07, 6.45) is 7.16. The third-order valence-corrected chi connectivity index (χ3v) is 2.87. The number of carboxylic acid groups (broad SMARTS) is 1. The largest absolute Gasteiger partial charge is 0.478 e. The van der Waals surface area contributed by atoms with Crippen LogP contribution in [-0.2, 0) is 4.79 Å². The molecular weight excluding hydrogens is 190 g/mol. The van der Waals surface area contributed by atoms with Crippen LogP contribution in [0.3, 0.4) is 0 Å². The lowest BCUT2D eigenvalue weighted by Crippen LogP contribution is -2.32. The Morgan fingerprint density at radius 3 is 2.87 bits per heavy atom. The smallest absolute Gasteiger partial charge is 0.328 e. The second-order valence-electron chi connectivity index (χ2n) is 4.21. The first-order valence-electron chi connectivity index (χ1n) is 5.36. The summed E-state index contributed by atoms with van der Waals surface area (Å²) in [5.74, 6) is -0.304. The van der Waals surface area contributed by atoms with Gasteiger partial charge in [0.05, 0.1) is 0 Å². The lowest BCUT2D eigenvalue weighted by molar-refractivity contribution is -0.131.